The van der Waals surface area contributed by atoms with E-state index < -0.39 is 47.0 Å². The molecule has 2 amide bonds. The van der Waals surface area contributed by atoms with Gasteiger partial charge in [0.15, 0.2) is 0 Å². The number of carboxylic acids is 1. The van der Waals surface area contributed by atoms with Crippen LogP contribution in [0.3, 0.4) is 0 Å². The fourth-order valence-corrected chi connectivity index (χ4v) is 3.29. The van der Waals surface area contributed by atoms with Gasteiger partial charge in [-0.1, -0.05) is 18.2 Å². The number of ether oxygens (including phenoxy) is 2. The number of carbonyl (C=O) groups is 3. The van der Waals surface area contributed by atoms with Gasteiger partial charge in [0.05, 0.1) is 12.2 Å². The van der Waals surface area contributed by atoms with Gasteiger partial charge in [-0.25, -0.2) is 19.3 Å². The van der Waals surface area contributed by atoms with E-state index in [2.05, 4.69) is 15.9 Å². The zero-order valence-corrected chi connectivity index (χ0v) is 20.9. The van der Waals surface area contributed by atoms with E-state index in [-0.39, 0.29) is 10.2 Å². The number of imide groups is 1. The maximum absolute atomic E-state index is 13.1. The molecule has 0 aliphatic rings. The van der Waals surface area contributed by atoms with Crippen molar-refractivity contribution in [1.29, 1.82) is 0 Å². The van der Waals surface area contributed by atoms with Crippen LogP contribution in [-0.2, 0) is 16.0 Å². The molecule has 1 aromatic heterocycles. The fourth-order valence-electron chi connectivity index (χ4n) is 2.76. The molecule has 0 aliphatic heterocycles. The molecule has 2 aromatic rings. The lowest BCUT2D eigenvalue weighted by molar-refractivity contribution is -0.000695. The van der Waals surface area contributed by atoms with Crippen LogP contribution in [0.15, 0.2) is 45.7 Å². The predicted octanol–water partition coefficient (Wildman–Crippen LogP) is 4.97. The van der Waals surface area contributed by atoms with Gasteiger partial charge in [0.25, 0.3) is 5.56 Å². The first-order valence-corrected chi connectivity index (χ1v) is 10.9. The summed E-state index contributed by atoms with van der Waals surface area (Å²) in [6, 6.07) is 9.43. The van der Waals surface area contributed by atoms with Gasteiger partial charge in [0.1, 0.15) is 16.8 Å². The van der Waals surface area contributed by atoms with Crippen molar-refractivity contribution in [2.24, 2.45) is 0 Å². The molecule has 1 heterocycles. The Bertz CT molecular complexity index is 1080. The topological polar surface area (TPSA) is 115 Å². The lowest BCUT2D eigenvalue weighted by atomic mass is 10.2. The zero-order chi connectivity index (χ0) is 25.1. The van der Waals surface area contributed by atoms with E-state index in [4.69, 9.17) is 9.47 Å². The number of nitrogens with zero attached hydrogens (tertiary/aromatic N) is 2. The van der Waals surface area contributed by atoms with Crippen molar-refractivity contribution < 1.29 is 29.0 Å². The van der Waals surface area contributed by atoms with Gasteiger partial charge in [-0.3, -0.25) is 9.36 Å². The summed E-state index contributed by atoms with van der Waals surface area (Å²) in [5, 5.41) is 9.47. The summed E-state index contributed by atoms with van der Waals surface area (Å²) in [5.74, 6) is -1.41. The normalized spacial score (nSPS) is 11.6. The van der Waals surface area contributed by atoms with Crippen molar-refractivity contribution in [3.8, 4) is 5.69 Å². The molecule has 0 radical (unpaired) electrons. The van der Waals surface area contributed by atoms with Crippen LogP contribution in [0.2, 0.25) is 0 Å². The molecule has 1 aromatic carbocycles. The number of aromatic carboxylic acids is 1. The maximum atomic E-state index is 13.1. The minimum atomic E-state index is -1.41. The molecule has 0 bridgehead atoms. The van der Waals surface area contributed by atoms with Crippen LogP contribution in [-0.4, -0.2) is 43.9 Å². The quantitative estimate of drug-likeness (QED) is 0.602. The van der Waals surface area contributed by atoms with Gasteiger partial charge in [-0.05, 0) is 75.7 Å². The molecule has 0 spiro atoms. The molecular formula is C23H27BrN2O7. The van der Waals surface area contributed by atoms with Crippen molar-refractivity contribution in [3.05, 3.63) is 62.5 Å². The van der Waals surface area contributed by atoms with Gasteiger partial charge >= 0.3 is 18.2 Å². The molecule has 0 unspecified atom stereocenters. The molecule has 1 N–H and O–H groups in total. The lowest BCUT2D eigenvalue weighted by Gasteiger charge is -2.29. The second kappa shape index (κ2) is 9.78. The summed E-state index contributed by atoms with van der Waals surface area (Å²) in [6.45, 7) is 9.47. The summed E-state index contributed by atoms with van der Waals surface area (Å²) in [7, 11) is 0. The number of amides is 2. The minimum Gasteiger partial charge on any atom is -0.477 e. The van der Waals surface area contributed by atoms with Crippen LogP contribution in [0.1, 0.15) is 57.6 Å². The van der Waals surface area contributed by atoms with E-state index in [1.165, 1.54) is 0 Å². The first kappa shape index (κ1) is 26.1. The van der Waals surface area contributed by atoms with Crippen LogP contribution < -0.4 is 5.56 Å². The summed E-state index contributed by atoms with van der Waals surface area (Å²) >= 11 is 3.29. The number of rotatable bonds is 4. The smallest absolute Gasteiger partial charge is 0.420 e. The first-order chi connectivity index (χ1) is 15.1. The summed E-state index contributed by atoms with van der Waals surface area (Å²) in [5.41, 5.74) is -2.58. The first-order valence-electron chi connectivity index (χ1n) is 10.1. The highest BCUT2D eigenvalue weighted by Gasteiger charge is 2.33. The third-order valence-corrected chi connectivity index (χ3v) is 4.72. The third-order valence-electron chi connectivity index (χ3n) is 4.03. The number of benzene rings is 1. The summed E-state index contributed by atoms with van der Waals surface area (Å²) in [6.07, 6.45) is -1.95. The van der Waals surface area contributed by atoms with Crippen molar-refractivity contribution in [1.82, 2.24) is 9.47 Å². The largest absolute Gasteiger partial charge is 0.477 e. The van der Waals surface area contributed by atoms with E-state index in [1.54, 1.807) is 71.9 Å². The summed E-state index contributed by atoms with van der Waals surface area (Å²) in [4.78, 5) is 51.3. The van der Waals surface area contributed by atoms with Crippen molar-refractivity contribution in [3.63, 3.8) is 0 Å². The van der Waals surface area contributed by atoms with E-state index >= 15 is 0 Å². The Morgan fingerprint density at radius 3 is 1.88 bits per heavy atom. The zero-order valence-electron chi connectivity index (χ0n) is 19.3. The van der Waals surface area contributed by atoms with E-state index in [9.17, 15) is 24.3 Å². The van der Waals surface area contributed by atoms with Gasteiger partial charge in [-0.15, -0.1) is 0 Å². The third kappa shape index (κ3) is 6.92. The SMILES string of the molecule is CC(C)(C)OC(=O)N(Cc1c(Br)cc(C(=O)O)c(=O)n1-c1ccccc1)C(=O)OC(C)(C)C. The molecule has 0 fully saturated rings. The lowest BCUT2D eigenvalue weighted by Crippen LogP contribution is -2.44. The van der Waals surface area contributed by atoms with Gasteiger partial charge in [0, 0.05) is 10.2 Å². The Labute approximate surface area is 200 Å². The van der Waals surface area contributed by atoms with Gasteiger partial charge in [-0.2, -0.15) is 0 Å². The Morgan fingerprint density at radius 1 is 0.970 bits per heavy atom. The van der Waals surface area contributed by atoms with E-state index in [0.717, 1.165) is 15.5 Å². The number of pyridine rings is 1. The van der Waals surface area contributed by atoms with Crippen molar-refractivity contribution >= 4 is 34.1 Å². The average molecular weight is 523 g/mol. The standard InChI is InChI=1S/C23H27BrN2O7/c1-22(2,3)32-20(30)25(21(31)33-23(4,5)6)13-17-16(24)12-15(19(28)29)18(27)26(17)14-10-8-7-9-11-14/h7-12H,13H2,1-6H3,(H,28,29). The highest BCUT2D eigenvalue weighted by molar-refractivity contribution is 9.10. The Hall–Kier alpha value is -3.14. The molecule has 0 atom stereocenters. The second-order valence-corrected chi connectivity index (χ2v) is 10.0. The van der Waals surface area contributed by atoms with E-state index in [1.807, 2.05) is 0 Å². The molecular weight excluding hydrogens is 496 g/mol. The molecule has 33 heavy (non-hydrogen) atoms. The average Bonchev–Trinajstić information content (AvgIpc) is 2.65. The Balaban J connectivity index is 2.69. The second-order valence-electron chi connectivity index (χ2n) is 9.18. The highest BCUT2D eigenvalue weighted by atomic mass is 79.9. The van der Waals surface area contributed by atoms with Crippen LogP contribution >= 0.6 is 15.9 Å². The molecule has 0 saturated heterocycles. The monoisotopic (exact) mass is 522 g/mol. The maximum Gasteiger partial charge on any atom is 0.420 e. The highest BCUT2D eigenvalue weighted by Crippen LogP contribution is 2.24. The molecule has 9 nitrogen and oxygen atoms in total. The van der Waals surface area contributed by atoms with Crippen LogP contribution in [0.4, 0.5) is 9.59 Å². The molecule has 0 aliphatic carbocycles. The van der Waals surface area contributed by atoms with Crippen molar-refractivity contribution in [2.45, 2.75) is 59.3 Å². The Morgan fingerprint density at radius 2 is 1.45 bits per heavy atom. The number of para-hydroxylation sites is 1. The molecule has 2 rings (SSSR count). The van der Waals surface area contributed by atoms with Crippen molar-refractivity contribution in [2.75, 3.05) is 0 Å². The van der Waals surface area contributed by atoms with Crippen LogP contribution in [0.5, 0.6) is 0 Å². The number of hydrogen-bond donors (Lipinski definition) is 1. The van der Waals surface area contributed by atoms with Crippen LogP contribution in [0.25, 0.3) is 5.69 Å². The van der Waals surface area contributed by atoms with Gasteiger partial charge < -0.3 is 14.6 Å². The molecule has 0 saturated carbocycles. The number of carboxylic acid groups (broad SMARTS) is 1. The number of hydrogen-bond acceptors (Lipinski definition) is 6. The molecule has 10 heteroatoms. The minimum absolute atomic E-state index is 0.160. The van der Waals surface area contributed by atoms with Crippen LogP contribution in [0, 0.1) is 0 Å². The number of halogens is 1. The van der Waals surface area contributed by atoms with Gasteiger partial charge in [0.2, 0.25) is 0 Å². The molecule has 178 valence electrons. The van der Waals surface area contributed by atoms with E-state index in [0.29, 0.717) is 5.69 Å². The number of aromatic nitrogens is 1. The Kier molecular flexibility index (Phi) is 7.74. The number of carbonyl (C=O) groups excluding carboxylic acids is 2. The summed E-state index contributed by atoms with van der Waals surface area (Å²) < 4.78 is 12.1. The fraction of sp³-hybridized carbons (Fsp3) is 0.391. The predicted molar refractivity (Wildman–Crippen MR) is 125 cm³/mol.